The minimum atomic E-state index is 0.820. The van der Waals surface area contributed by atoms with E-state index in [1.807, 2.05) is 11.3 Å². The van der Waals surface area contributed by atoms with Gasteiger partial charge in [-0.25, -0.2) is 0 Å². The van der Waals surface area contributed by atoms with Gasteiger partial charge in [0.25, 0.3) is 0 Å². The van der Waals surface area contributed by atoms with Crippen LogP contribution in [0.2, 0.25) is 0 Å². The van der Waals surface area contributed by atoms with Gasteiger partial charge in [-0.05, 0) is 49.1 Å². The summed E-state index contributed by atoms with van der Waals surface area (Å²) in [6.07, 6.45) is 12.3. The Morgan fingerprint density at radius 2 is 2.06 bits per heavy atom. The van der Waals surface area contributed by atoms with Gasteiger partial charge in [0, 0.05) is 17.5 Å². The Bertz CT molecular complexity index is 383. The molecule has 2 aliphatic rings. The highest BCUT2D eigenvalue weighted by Crippen LogP contribution is 2.31. The molecule has 0 aliphatic heterocycles. The molecule has 0 spiro atoms. The maximum atomic E-state index is 3.70. The molecule has 3 rings (SSSR count). The lowest BCUT2D eigenvalue weighted by Gasteiger charge is -2.25. The molecule has 0 saturated heterocycles. The van der Waals surface area contributed by atoms with E-state index in [4.69, 9.17) is 0 Å². The number of thiophene rings is 1. The van der Waals surface area contributed by atoms with Gasteiger partial charge in [0.05, 0.1) is 0 Å². The Hall–Kier alpha value is -0.600. The number of nitrogens with one attached hydrogen (secondary N) is 1. The molecule has 18 heavy (non-hydrogen) atoms. The summed E-state index contributed by atoms with van der Waals surface area (Å²) >= 11 is 1.86. The van der Waals surface area contributed by atoms with Crippen LogP contribution in [-0.2, 0) is 0 Å². The molecule has 1 heterocycles. The van der Waals surface area contributed by atoms with Gasteiger partial charge in [-0.15, -0.1) is 11.3 Å². The Morgan fingerprint density at radius 1 is 1.22 bits per heavy atom. The van der Waals surface area contributed by atoms with Crippen LogP contribution in [-0.4, -0.2) is 12.6 Å². The largest absolute Gasteiger partial charge is 0.310 e. The summed E-state index contributed by atoms with van der Waals surface area (Å²) in [5, 5.41) is 5.88. The lowest BCUT2D eigenvalue weighted by atomic mass is 9.83. The molecule has 0 unspecified atom stereocenters. The molecular formula is C16H23NS. The van der Waals surface area contributed by atoms with Crippen molar-refractivity contribution in [2.45, 2.75) is 51.0 Å². The van der Waals surface area contributed by atoms with Crippen molar-refractivity contribution in [1.82, 2.24) is 5.32 Å². The zero-order chi connectivity index (χ0) is 12.2. The maximum absolute atomic E-state index is 3.70. The van der Waals surface area contributed by atoms with Crippen LogP contribution in [0, 0.1) is 5.92 Å². The van der Waals surface area contributed by atoms with Gasteiger partial charge in [0.15, 0.2) is 0 Å². The monoisotopic (exact) mass is 261 g/mol. The highest BCUT2D eigenvalue weighted by molar-refractivity contribution is 7.10. The average Bonchev–Trinajstić information content (AvgIpc) is 3.11. The highest BCUT2D eigenvalue weighted by Gasteiger charge is 2.23. The summed E-state index contributed by atoms with van der Waals surface area (Å²) < 4.78 is 0. The Kier molecular flexibility index (Phi) is 4.16. The Balaban J connectivity index is 1.68. The molecule has 98 valence electrons. The van der Waals surface area contributed by atoms with Gasteiger partial charge >= 0.3 is 0 Å². The van der Waals surface area contributed by atoms with Crippen molar-refractivity contribution in [2.24, 2.45) is 5.92 Å². The first-order valence-electron chi connectivity index (χ1n) is 7.39. The molecule has 0 amide bonds. The summed E-state index contributed by atoms with van der Waals surface area (Å²) in [6, 6.07) is 5.22. The van der Waals surface area contributed by atoms with Crippen LogP contribution in [0.4, 0.5) is 0 Å². The molecule has 0 bridgehead atoms. The van der Waals surface area contributed by atoms with Crippen LogP contribution < -0.4 is 5.32 Å². The second-order valence-corrected chi connectivity index (χ2v) is 6.70. The first kappa shape index (κ1) is 12.4. The van der Waals surface area contributed by atoms with Crippen LogP contribution in [0.3, 0.4) is 0 Å². The minimum absolute atomic E-state index is 0.820. The van der Waals surface area contributed by atoms with Crippen LogP contribution in [0.5, 0.6) is 0 Å². The van der Waals surface area contributed by atoms with Crippen molar-refractivity contribution in [3.63, 3.8) is 0 Å². The topological polar surface area (TPSA) is 12.0 Å². The van der Waals surface area contributed by atoms with E-state index in [-0.39, 0.29) is 0 Å². The van der Waals surface area contributed by atoms with Crippen molar-refractivity contribution >= 4 is 17.4 Å². The van der Waals surface area contributed by atoms with E-state index >= 15 is 0 Å². The zero-order valence-electron chi connectivity index (χ0n) is 11.0. The molecule has 1 aromatic rings. The molecule has 2 fully saturated rings. The third-order valence-electron chi connectivity index (χ3n) is 4.17. The van der Waals surface area contributed by atoms with Gasteiger partial charge in [0.1, 0.15) is 0 Å². The smallest absolute Gasteiger partial charge is 0.0270 e. The lowest BCUT2D eigenvalue weighted by Crippen LogP contribution is -2.23. The summed E-state index contributed by atoms with van der Waals surface area (Å²) in [6.45, 7) is 1.12. The minimum Gasteiger partial charge on any atom is -0.310 e. The SMILES string of the molecule is C(=C(CNC1CC1)C1CCCCC1)c1cccs1. The summed E-state index contributed by atoms with van der Waals surface area (Å²) in [5.41, 5.74) is 1.66. The van der Waals surface area contributed by atoms with Crippen LogP contribution in [0.25, 0.3) is 6.08 Å². The number of hydrogen-bond donors (Lipinski definition) is 1. The third kappa shape index (κ3) is 3.46. The zero-order valence-corrected chi connectivity index (χ0v) is 11.8. The molecule has 0 radical (unpaired) electrons. The number of rotatable bonds is 5. The van der Waals surface area contributed by atoms with Crippen LogP contribution >= 0.6 is 11.3 Å². The average molecular weight is 261 g/mol. The number of hydrogen-bond acceptors (Lipinski definition) is 2. The van der Waals surface area contributed by atoms with Crippen molar-refractivity contribution in [3.8, 4) is 0 Å². The molecule has 0 atom stereocenters. The van der Waals surface area contributed by atoms with Gasteiger partial charge in [-0.1, -0.05) is 30.9 Å². The van der Waals surface area contributed by atoms with E-state index < -0.39 is 0 Å². The standard InChI is InChI=1S/C16H23NS/c1-2-5-13(6-3-1)14(12-17-15-8-9-15)11-16-7-4-10-18-16/h4,7,10-11,13,15,17H,1-3,5-6,8-9,12H2. The fourth-order valence-corrected chi connectivity index (χ4v) is 3.58. The molecule has 0 aromatic carbocycles. The van der Waals surface area contributed by atoms with Crippen LogP contribution in [0.1, 0.15) is 49.8 Å². The van der Waals surface area contributed by atoms with Crippen molar-refractivity contribution < 1.29 is 0 Å². The second kappa shape index (κ2) is 6.03. The van der Waals surface area contributed by atoms with Crippen molar-refractivity contribution in [1.29, 1.82) is 0 Å². The fraction of sp³-hybridized carbons (Fsp3) is 0.625. The van der Waals surface area contributed by atoms with Crippen molar-refractivity contribution in [2.75, 3.05) is 6.54 Å². The molecule has 2 aliphatic carbocycles. The third-order valence-corrected chi connectivity index (χ3v) is 4.99. The molecule has 1 aromatic heterocycles. The molecule has 1 N–H and O–H groups in total. The molecule has 1 nitrogen and oxygen atoms in total. The van der Waals surface area contributed by atoms with Gasteiger partial charge in [-0.2, -0.15) is 0 Å². The quantitative estimate of drug-likeness (QED) is 0.825. The first-order chi connectivity index (χ1) is 8.92. The van der Waals surface area contributed by atoms with Gasteiger partial charge in [0.2, 0.25) is 0 Å². The first-order valence-corrected chi connectivity index (χ1v) is 8.27. The van der Waals surface area contributed by atoms with E-state index in [2.05, 4.69) is 28.9 Å². The summed E-state index contributed by atoms with van der Waals surface area (Å²) in [7, 11) is 0. The van der Waals surface area contributed by atoms with E-state index in [0.29, 0.717) is 0 Å². The van der Waals surface area contributed by atoms with Crippen molar-refractivity contribution in [3.05, 3.63) is 28.0 Å². The molecule has 2 heteroatoms. The van der Waals surface area contributed by atoms with E-state index in [1.165, 1.54) is 49.8 Å². The lowest BCUT2D eigenvalue weighted by molar-refractivity contribution is 0.396. The van der Waals surface area contributed by atoms with Crippen LogP contribution in [0.15, 0.2) is 23.1 Å². The van der Waals surface area contributed by atoms with Gasteiger partial charge in [-0.3, -0.25) is 0 Å². The predicted octanol–water partition coefficient (Wildman–Crippen LogP) is 4.46. The van der Waals surface area contributed by atoms with E-state index in [1.54, 1.807) is 5.57 Å². The van der Waals surface area contributed by atoms with Gasteiger partial charge < -0.3 is 5.32 Å². The fourth-order valence-electron chi connectivity index (χ4n) is 2.89. The Morgan fingerprint density at radius 3 is 2.72 bits per heavy atom. The van der Waals surface area contributed by atoms with E-state index in [0.717, 1.165) is 18.5 Å². The Labute approximate surface area is 114 Å². The maximum Gasteiger partial charge on any atom is 0.0270 e. The van der Waals surface area contributed by atoms with E-state index in [9.17, 15) is 0 Å². The highest BCUT2D eigenvalue weighted by atomic mass is 32.1. The summed E-state index contributed by atoms with van der Waals surface area (Å²) in [4.78, 5) is 1.42. The second-order valence-electron chi connectivity index (χ2n) is 5.72. The normalized spacial score (nSPS) is 22.3. The molecule has 2 saturated carbocycles. The summed E-state index contributed by atoms with van der Waals surface area (Å²) in [5.74, 6) is 0.840. The molecular weight excluding hydrogens is 238 g/mol. The predicted molar refractivity (Wildman–Crippen MR) is 79.9 cm³/mol.